The second kappa shape index (κ2) is 7.36. The summed E-state index contributed by atoms with van der Waals surface area (Å²) in [5.74, 6) is 6.56. The lowest BCUT2D eigenvalue weighted by atomic mass is 10.0. The van der Waals surface area contributed by atoms with Crippen molar-refractivity contribution in [2.45, 2.75) is 25.8 Å². The van der Waals surface area contributed by atoms with E-state index in [1.165, 1.54) is 11.1 Å². The maximum Gasteiger partial charge on any atom is 0.122 e. The van der Waals surface area contributed by atoms with E-state index in [2.05, 4.69) is 43.5 Å². The lowest BCUT2D eigenvalue weighted by Crippen LogP contribution is -2.38. The van der Waals surface area contributed by atoms with Gasteiger partial charge in [0.2, 0.25) is 0 Å². The summed E-state index contributed by atoms with van der Waals surface area (Å²) >= 11 is 0. The zero-order valence-electron chi connectivity index (χ0n) is 11.9. The molecule has 0 aromatic heterocycles. The van der Waals surface area contributed by atoms with Crippen LogP contribution < -0.4 is 16.0 Å². The Morgan fingerprint density at radius 3 is 2.67 bits per heavy atom. The first-order valence-corrected chi connectivity index (χ1v) is 6.31. The average Bonchev–Trinajstić information content (AvgIpc) is 2.34. The van der Waals surface area contributed by atoms with Gasteiger partial charge in [0.1, 0.15) is 5.75 Å². The highest BCUT2D eigenvalue weighted by Crippen LogP contribution is 2.21. The van der Waals surface area contributed by atoms with Gasteiger partial charge in [-0.3, -0.25) is 11.3 Å². The Bertz CT molecular complexity index is 366. The summed E-state index contributed by atoms with van der Waals surface area (Å²) in [6, 6.07) is 6.51. The Morgan fingerprint density at radius 1 is 1.39 bits per heavy atom. The average molecular weight is 251 g/mol. The third-order valence-electron chi connectivity index (χ3n) is 3.06. The topological polar surface area (TPSA) is 50.5 Å². The predicted molar refractivity (Wildman–Crippen MR) is 75.7 cm³/mol. The van der Waals surface area contributed by atoms with Gasteiger partial charge < -0.3 is 9.64 Å². The van der Waals surface area contributed by atoms with Crippen molar-refractivity contribution in [3.8, 4) is 5.75 Å². The minimum absolute atomic E-state index is 0.267. The van der Waals surface area contributed by atoms with E-state index in [0.717, 1.165) is 25.1 Å². The highest BCUT2D eigenvalue weighted by Gasteiger charge is 2.12. The van der Waals surface area contributed by atoms with Gasteiger partial charge in [-0.15, -0.1) is 0 Å². The highest BCUT2D eigenvalue weighted by molar-refractivity contribution is 5.37. The van der Waals surface area contributed by atoms with Crippen molar-refractivity contribution >= 4 is 0 Å². The van der Waals surface area contributed by atoms with Gasteiger partial charge in [-0.25, -0.2) is 0 Å². The summed E-state index contributed by atoms with van der Waals surface area (Å²) in [6.07, 6.45) is 1.90. The van der Waals surface area contributed by atoms with Gasteiger partial charge in [-0.1, -0.05) is 17.7 Å². The molecular formula is C14H25N3O. The number of hydrogen-bond acceptors (Lipinski definition) is 4. The van der Waals surface area contributed by atoms with Crippen molar-refractivity contribution in [3.63, 3.8) is 0 Å². The largest absolute Gasteiger partial charge is 0.496 e. The number of ether oxygens (including phenoxy) is 1. The Hall–Kier alpha value is -1.10. The molecule has 0 amide bonds. The number of hydrazine groups is 1. The number of benzene rings is 1. The molecular weight excluding hydrogens is 226 g/mol. The van der Waals surface area contributed by atoms with E-state index in [9.17, 15) is 0 Å². The molecule has 0 saturated heterocycles. The molecule has 0 aliphatic rings. The molecule has 1 atom stereocenters. The van der Waals surface area contributed by atoms with E-state index >= 15 is 0 Å². The molecule has 0 heterocycles. The van der Waals surface area contributed by atoms with E-state index < -0.39 is 0 Å². The van der Waals surface area contributed by atoms with Crippen LogP contribution in [0.1, 0.15) is 17.5 Å². The van der Waals surface area contributed by atoms with Crippen LogP contribution in [-0.4, -0.2) is 38.7 Å². The third kappa shape index (κ3) is 4.64. The third-order valence-corrected chi connectivity index (χ3v) is 3.06. The molecule has 18 heavy (non-hydrogen) atoms. The zero-order valence-corrected chi connectivity index (χ0v) is 11.9. The molecule has 1 aromatic rings. The van der Waals surface area contributed by atoms with Crippen LogP contribution in [0.25, 0.3) is 0 Å². The lowest BCUT2D eigenvalue weighted by Gasteiger charge is -2.20. The molecule has 3 N–H and O–H groups in total. The summed E-state index contributed by atoms with van der Waals surface area (Å²) in [6.45, 7) is 3.11. The number of aryl methyl sites for hydroxylation is 1. The molecule has 0 spiro atoms. The normalized spacial score (nSPS) is 12.8. The number of nitrogens with one attached hydrogen (secondary N) is 1. The monoisotopic (exact) mass is 251 g/mol. The van der Waals surface area contributed by atoms with Crippen molar-refractivity contribution in [3.05, 3.63) is 29.3 Å². The van der Waals surface area contributed by atoms with Crippen LogP contribution in [0.4, 0.5) is 0 Å². The van der Waals surface area contributed by atoms with E-state index in [1.54, 1.807) is 7.11 Å². The fourth-order valence-electron chi connectivity index (χ4n) is 1.99. The predicted octanol–water partition coefficient (Wildman–Crippen LogP) is 1.33. The van der Waals surface area contributed by atoms with E-state index in [1.807, 2.05) is 6.07 Å². The van der Waals surface area contributed by atoms with E-state index in [-0.39, 0.29) is 6.04 Å². The van der Waals surface area contributed by atoms with Gasteiger partial charge in [-0.05, 0) is 52.0 Å². The van der Waals surface area contributed by atoms with E-state index in [4.69, 9.17) is 10.6 Å². The van der Waals surface area contributed by atoms with Crippen molar-refractivity contribution in [1.29, 1.82) is 0 Å². The number of nitrogens with zero attached hydrogens (tertiary/aromatic N) is 1. The maximum absolute atomic E-state index is 5.63. The van der Waals surface area contributed by atoms with Crippen molar-refractivity contribution < 1.29 is 4.74 Å². The van der Waals surface area contributed by atoms with Crippen LogP contribution in [0.15, 0.2) is 18.2 Å². The molecule has 4 nitrogen and oxygen atoms in total. The van der Waals surface area contributed by atoms with E-state index in [0.29, 0.717) is 0 Å². The molecule has 0 aliphatic heterocycles. The first kappa shape index (κ1) is 15.0. The summed E-state index contributed by atoms with van der Waals surface area (Å²) in [5.41, 5.74) is 5.35. The zero-order chi connectivity index (χ0) is 13.5. The molecule has 4 heteroatoms. The van der Waals surface area contributed by atoms with Crippen molar-refractivity contribution in [1.82, 2.24) is 10.3 Å². The summed E-state index contributed by atoms with van der Waals surface area (Å²) in [7, 11) is 5.85. The maximum atomic E-state index is 5.63. The number of methoxy groups -OCH3 is 1. The molecule has 0 bridgehead atoms. The summed E-state index contributed by atoms with van der Waals surface area (Å²) in [4.78, 5) is 2.16. The molecule has 1 rings (SSSR count). The van der Waals surface area contributed by atoms with Gasteiger partial charge in [0.05, 0.1) is 7.11 Å². The molecule has 1 unspecified atom stereocenters. The SMILES string of the molecule is COc1ccc(C)cc1CC(CCN(C)C)NN. The number of hydrogen-bond donors (Lipinski definition) is 2. The minimum Gasteiger partial charge on any atom is -0.496 e. The number of nitrogens with two attached hydrogens (primary N) is 1. The fraction of sp³-hybridized carbons (Fsp3) is 0.571. The fourth-order valence-corrected chi connectivity index (χ4v) is 1.99. The first-order chi connectivity index (χ1) is 8.56. The second-order valence-corrected chi connectivity index (χ2v) is 4.97. The molecule has 1 aromatic carbocycles. The highest BCUT2D eigenvalue weighted by atomic mass is 16.5. The summed E-state index contributed by atoms with van der Waals surface area (Å²) < 4.78 is 5.39. The van der Waals surface area contributed by atoms with Crippen LogP contribution in [0.3, 0.4) is 0 Å². The van der Waals surface area contributed by atoms with Crippen LogP contribution in [-0.2, 0) is 6.42 Å². The second-order valence-electron chi connectivity index (χ2n) is 4.97. The van der Waals surface area contributed by atoms with Gasteiger partial charge >= 0.3 is 0 Å². The van der Waals surface area contributed by atoms with Crippen molar-refractivity contribution in [2.24, 2.45) is 5.84 Å². The van der Waals surface area contributed by atoms with Gasteiger partial charge in [-0.2, -0.15) is 0 Å². The van der Waals surface area contributed by atoms with Gasteiger partial charge in [0.25, 0.3) is 0 Å². The lowest BCUT2D eigenvalue weighted by molar-refractivity contribution is 0.354. The Kier molecular flexibility index (Phi) is 6.12. The Balaban J connectivity index is 2.71. The Labute approximate surface area is 110 Å². The molecule has 102 valence electrons. The Morgan fingerprint density at radius 2 is 2.11 bits per heavy atom. The molecule has 0 fully saturated rings. The molecule has 0 aliphatic carbocycles. The molecule has 0 saturated carbocycles. The van der Waals surface area contributed by atoms with Crippen LogP contribution in [0, 0.1) is 6.92 Å². The van der Waals surface area contributed by atoms with Crippen molar-refractivity contribution in [2.75, 3.05) is 27.7 Å². The van der Waals surface area contributed by atoms with Gasteiger partial charge in [0.15, 0.2) is 0 Å². The quantitative estimate of drug-likeness (QED) is 0.567. The van der Waals surface area contributed by atoms with Crippen LogP contribution in [0.2, 0.25) is 0 Å². The smallest absolute Gasteiger partial charge is 0.122 e. The number of rotatable bonds is 7. The van der Waals surface area contributed by atoms with Crippen LogP contribution in [0.5, 0.6) is 5.75 Å². The minimum atomic E-state index is 0.267. The first-order valence-electron chi connectivity index (χ1n) is 6.31. The standard InChI is InChI=1S/C14H25N3O/c1-11-5-6-14(18-4)12(9-11)10-13(16-15)7-8-17(2)3/h5-6,9,13,16H,7-8,10,15H2,1-4H3. The molecule has 0 radical (unpaired) electrons. The van der Waals surface area contributed by atoms with Crippen LogP contribution >= 0.6 is 0 Å². The summed E-state index contributed by atoms with van der Waals surface area (Å²) in [5, 5.41) is 0. The van der Waals surface area contributed by atoms with Gasteiger partial charge in [0, 0.05) is 6.04 Å².